The van der Waals surface area contributed by atoms with Crippen molar-refractivity contribution in [2.75, 3.05) is 0 Å². The molecule has 0 aliphatic rings. The van der Waals surface area contributed by atoms with Crippen molar-refractivity contribution >= 4 is 0 Å². The lowest BCUT2D eigenvalue weighted by Crippen LogP contribution is -1.69. The topological polar surface area (TPSA) is 19.9 Å². The summed E-state index contributed by atoms with van der Waals surface area (Å²) in [7, 11) is 0. The normalized spacial score (nSPS) is 11.7. The van der Waals surface area contributed by atoms with Crippen LogP contribution >= 0.6 is 0 Å². The maximum Gasteiger partial charge on any atom is 0.138 e. The number of rotatable bonds is 6. The molecule has 0 bridgehead atoms. The Hall–Kier alpha value is -0.720. The Morgan fingerprint density at radius 2 is 1.64 bits per heavy atom. The van der Waals surface area contributed by atoms with Crippen LogP contribution in [0.1, 0.15) is 39.0 Å². The van der Waals surface area contributed by atoms with Crippen molar-refractivity contribution in [3.05, 3.63) is 24.5 Å². The standard InChI is InChI=1S/C10H17O/c1-2-3-4-5-6-7-8-9-10-11/h4-5,9-10H,2-3,6-8H2,1H3/b5-4+,10-9+. The van der Waals surface area contributed by atoms with Crippen LogP contribution in [0.2, 0.25) is 0 Å². The molecule has 0 unspecified atom stereocenters. The predicted molar refractivity (Wildman–Crippen MR) is 47.7 cm³/mol. The molecule has 0 fully saturated rings. The van der Waals surface area contributed by atoms with E-state index in [0.29, 0.717) is 0 Å². The van der Waals surface area contributed by atoms with Gasteiger partial charge in [-0.1, -0.05) is 25.5 Å². The first kappa shape index (κ1) is 10.3. The molecule has 1 radical (unpaired) electrons. The van der Waals surface area contributed by atoms with Gasteiger partial charge in [0.1, 0.15) is 6.26 Å². The van der Waals surface area contributed by atoms with E-state index in [1.807, 2.05) is 0 Å². The molecule has 0 saturated carbocycles. The number of hydrogen-bond donors (Lipinski definition) is 0. The lowest BCUT2D eigenvalue weighted by molar-refractivity contribution is 0.349. The summed E-state index contributed by atoms with van der Waals surface area (Å²) in [5, 5.41) is 9.87. The quantitative estimate of drug-likeness (QED) is 0.316. The first-order valence-electron chi connectivity index (χ1n) is 4.33. The molecule has 0 aromatic rings. The van der Waals surface area contributed by atoms with Crippen LogP contribution in [0.15, 0.2) is 24.5 Å². The van der Waals surface area contributed by atoms with Gasteiger partial charge in [-0.15, -0.1) is 0 Å². The molecule has 1 heteroatoms. The van der Waals surface area contributed by atoms with Gasteiger partial charge >= 0.3 is 0 Å². The minimum Gasteiger partial charge on any atom is -0.299 e. The number of unbranched alkanes of at least 4 members (excludes halogenated alkanes) is 3. The maximum atomic E-state index is 9.87. The molecule has 0 aliphatic carbocycles. The van der Waals surface area contributed by atoms with Gasteiger partial charge in [0.25, 0.3) is 0 Å². The third-order valence-corrected chi connectivity index (χ3v) is 1.46. The first-order chi connectivity index (χ1) is 5.41. The van der Waals surface area contributed by atoms with Crippen molar-refractivity contribution < 1.29 is 5.11 Å². The summed E-state index contributed by atoms with van der Waals surface area (Å²) in [5.74, 6) is 0. The highest BCUT2D eigenvalue weighted by molar-refractivity contribution is 4.82. The summed E-state index contributed by atoms with van der Waals surface area (Å²) >= 11 is 0. The van der Waals surface area contributed by atoms with Gasteiger partial charge in [0, 0.05) is 0 Å². The van der Waals surface area contributed by atoms with E-state index in [1.165, 1.54) is 12.8 Å². The van der Waals surface area contributed by atoms with Crippen LogP contribution in [-0.4, -0.2) is 0 Å². The highest BCUT2D eigenvalue weighted by atomic mass is 16.2. The van der Waals surface area contributed by atoms with Gasteiger partial charge in [0.05, 0.1) is 0 Å². The summed E-state index contributed by atoms with van der Waals surface area (Å²) in [4.78, 5) is 0. The fourth-order valence-electron chi connectivity index (χ4n) is 0.824. The van der Waals surface area contributed by atoms with Crippen molar-refractivity contribution in [2.45, 2.75) is 39.0 Å². The van der Waals surface area contributed by atoms with Gasteiger partial charge in [-0.25, -0.2) is 0 Å². The molecule has 1 nitrogen and oxygen atoms in total. The maximum absolute atomic E-state index is 9.87. The molecule has 0 saturated heterocycles. The van der Waals surface area contributed by atoms with Crippen LogP contribution in [-0.2, 0) is 5.11 Å². The zero-order chi connectivity index (χ0) is 8.36. The van der Waals surface area contributed by atoms with Gasteiger partial charge in [-0.3, -0.25) is 5.11 Å². The highest BCUT2D eigenvalue weighted by Gasteiger charge is 1.79. The average molecular weight is 153 g/mol. The summed E-state index contributed by atoms with van der Waals surface area (Å²) in [6, 6.07) is 0. The lowest BCUT2D eigenvalue weighted by atomic mass is 10.2. The van der Waals surface area contributed by atoms with E-state index in [2.05, 4.69) is 19.1 Å². The Labute approximate surface area is 69.4 Å². The van der Waals surface area contributed by atoms with Gasteiger partial charge in [0.15, 0.2) is 0 Å². The van der Waals surface area contributed by atoms with Crippen molar-refractivity contribution in [3.8, 4) is 0 Å². The van der Waals surface area contributed by atoms with E-state index in [1.54, 1.807) is 6.08 Å². The number of hydrogen-bond acceptors (Lipinski definition) is 0. The zero-order valence-electron chi connectivity index (χ0n) is 7.25. The molecule has 0 amide bonds. The molecule has 63 valence electrons. The van der Waals surface area contributed by atoms with Crippen LogP contribution < -0.4 is 0 Å². The molecule has 0 heterocycles. The van der Waals surface area contributed by atoms with E-state index >= 15 is 0 Å². The third-order valence-electron chi connectivity index (χ3n) is 1.46. The van der Waals surface area contributed by atoms with Crippen molar-refractivity contribution in [2.24, 2.45) is 0 Å². The van der Waals surface area contributed by atoms with Crippen molar-refractivity contribution in [1.82, 2.24) is 0 Å². The Kier molecular flexibility index (Phi) is 8.67. The summed E-state index contributed by atoms with van der Waals surface area (Å²) in [5.41, 5.74) is 0. The fraction of sp³-hybridized carbons (Fsp3) is 0.600. The monoisotopic (exact) mass is 153 g/mol. The second-order valence-corrected chi connectivity index (χ2v) is 2.56. The highest BCUT2D eigenvalue weighted by Crippen LogP contribution is 1.99. The molecular formula is C10H17O. The third kappa shape index (κ3) is 9.28. The lowest BCUT2D eigenvalue weighted by Gasteiger charge is -1.88. The van der Waals surface area contributed by atoms with Gasteiger partial charge in [-0.05, 0) is 31.8 Å². The van der Waals surface area contributed by atoms with Crippen LogP contribution in [0, 0.1) is 0 Å². The molecule has 0 N–H and O–H groups in total. The molecule has 11 heavy (non-hydrogen) atoms. The average Bonchev–Trinajstić information content (AvgIpc) is 2.03. The van der Waals surface area contributed by atoms with Crippen LogP contribution in [0.3, 0.4) is 0 Å². The second kappa shape index (κ2) is 9.28. The molecule has 0 aromatic carbocycles. The van der Waals surface area contributed by atoms with E-state index < -0.39 is 0 Å². The number of allylic oxidation sites excluding steroid dienone is 3. The zero-order valence-corrected chi connectivity index (χ0v) is 7.25. The van der Waals surface area contributed by atoms with Crippen LogP contribution in [0.5, 0.6) is 0 Å². The summed E-state index contributed by atoms with van der Waals surface area (Å²) < 4.78 is 0. The SMILES string of the molecule is CCC/C=C/CCC/C=C/[O]. The van der Waals surface area contributed by atoms with E-state index in [-0.39, 0.29) is 0 Å². The largest absolute Gasteiger partial charge is 0.299 e. The Bertz CT molecular complexity index is 114. The van der Waals surface area contributed by atoms with Crippen LogP contribution in [0.25, 0.3) is 0 Å². The first-order valence-corrected chi connectivity index (χ1v) is 4.33. The fourth-order valence-corrected chi connectivity index (χ4v) is 0.824. The van der Waals surface area contributed by atoms with Crippen molar-refractivity contribution in [1.29, 1.82) is 0 Å². The van der Waals surface area contributed by atoms with E-state index in [4.69, 9.17) is 0 Å². The predicted octanol–water partition coefficient (Wildman–Crippen LogP) is 3.46. The molecule has 0 spiro atoms. The minimum absolute atomic E-state index is 0.871. The summed E-state index contributed by atoms with van der Waals surface area (Å²) in [6.45, 7) is 2.17. The second-order valence-electron chi connectivity index (χ2n) is 2.56. The van der Waals surface area contributed by atoms with Crippen molar-refractivity contribution in [3.63, 3.8) is 0 Å². The molecule has 0 atom stereocenters. The Morgan fingerprint density at radius 3 is 2.27 bits per heavy atom. The molecule has 0 aliphatic heterocycles. The van der Waals surface area contributed by atoms with E-state index in [9.17, 15) is 5.11 Å². The molecular weight excluding hydrogens is 136 g/mol. The molecule has 0 rings (SSSR count). The van der Waals surface area contributed by atoms with Gasteiger partial charge in [0.2, 0.25) is 0 Å². The van der Waals surface area contributed by atoms with Gasteiger partial charge in [-0.2, -0.15) is 0 Å². The Morgan fingerprint density at radius 1 is 1.00 bits per heavy atom. The van der Waals surface area contributed by atoms with E-state index in [0.717, 1.165) is 25.5 Å². The van der Waals surface area contributed by atoms with Crippen LogP contribution in [0.4, 0.5) is 0 Å². The Balaban J connectivity index is 3.00. The smallest absolute Gasteiger partial charge is 0.138 e. The van der Waals surface area contributed by atoms with Gasteiger partial charge < -0.3 is 0 Å². The molecule has 0 aromatic heterocycles. The summed E-state index contributed by atoms with van der Waals surface area (Å²) in [6.07, 6.45) is 12.5. The minimum atomic E-state index is 0.871.